The first kappa shape index (κ1) is 17.3. The van der Waals surface area contributed by atoms with Gasteiger partial charge in [-0.25, -0.2) is 9.79 Å². The average molecular weight is 347 g/mol. The van der Waals surface area contributed by atoms with Gasteiger partial charge in [-0.1, -0.05) is 42.5 Å². The number of hydrogen-bond donors (Lipinski definition) is 2. The van der Waals surface area contributed by atoms with E-state index in [1.54, 1.807) is 0 Å². The molecule has 0 aliphatic carbocycles. The third kappa shape index (κ3) is 3.92. The molecule has 0 fully saturated rings. The first-order valence-electron chi connectivity index (χ1n) is 8.04. The number of para-hydroxylation sites is 2. The number of carbonyl (C=O) groups is 2. The Morgan fingerprint density at radius 1 is 0.962 bits per heavy atom. The lowest BCUT2D eigenvalue weighted by Crippen LogP contribution is -2.36. The number of aliphatic imine (C=N–C) groups is 2. The number of fused-ring (bicyclic) bond motifs is 1. The van der Waals surface area contributed by atoms with Gasteiger partial charge in [0.25, 0.3) is 0 Å². The fourth-order valence-corrected chi connectivity index (χ4v) is 2.76. The van der Waals surface area contributed by atoms with Gasteiger partial charge in [0.2, 0.25) is 5.91 Å². The SMILES string of the molecule is CC1=Nc2ccccc2N=C(NC(=O)/C=C/C(=O)O)C1c1ccccc1. The summed E-state index contributed by atoms with van der Waals surface area (Å²) in [5, 5.41) is 11.4. The topological polar surface area (TPSA) is 91.1 Å². The number of aliphatic carboxylic acids is 1. The maximum absolute atomic E-state index is 12.1. The van der Waals surface area contributed by atoms with Crippen LogP contribution in [0.1, 0.15) is 18.4 Å². The van der Waals surface area contributed by atoms with Gasteiger partial charge in [0.1, 0.15) is 5.84 Å². The van der Waals surface area contributed by atoms with Crippen LogP contribution in [0.25, 0.3) is 0 Å². The van der Waals surface area contributed by atoms with Crippen molar-refractivity contribution in [3.8, 4) is 0 Å². The van der Waals surface area contributed by atoms with Crippen LogP contribution in [0, 0.1) is 0 Å². The molecular weight excluding hydrogens is 330 g/mol. The summed E-state index contributed by atoms with van der Waals surface area (Å²) in [5.41, 5.74) is 3.07. The predicted molar refractivity (Wildman–Crippen MR) is 100 cm³/mol. The summed E-state index contributed by atoms with van der Waals surface area (Å²) in [4.78, 5) is 32.0. The Labute approximate surface area is 150 Å². The van der Waals surface area contributed by atoms with Crippen LogP contribution in [-0.4, -0.2) is 28.5 Å². The third-order valence-electron chi connectivity index (χ3n) is 3.87. The first-order valence-corrected chi connectivity index (χ1v) is 8.04. The molecule has 130 valence electrons. The van der Waals surface area contributed by atoms with E-state index in [1.165, 1.54) is 0 Å². The molecule has 26 heavy (non-hydrogen) atoms. The molecule has 0 spiro atoms. The van der Waals surface area contributed by atoms with E-state index >= 15 is 0 Å². The zero-order chi connectivity index (χ0) is 18.5. The van der Waals surface area contributed by atoms with Crippen molar-refractivity contribution in [1.29, 1.82) is 0 Å². The maximum Gasteiger partial charge on any atom is 0.328 e. The van der Waals surface area contributed by atoms with E-state index in [0.29, 0.717) is 11.5 Å². The van der Waals surface area contributed by atoms with Gasteiger partial charge in [0.15, 0.2) is 0 Å². The van der Waals surface area contributed by atoms with Crippen LogP contribution in [0.15, 0.2) is 76.7 Å². The third-order valence-corrected chi connectivity index (χ3v) is 3.87. The number of rotatable bonds is 3. The maximum atomic E-state index is 12.1. The van der Waals surface area contributed by atoms with E-state index < -0.39 is 11.9 Å². The molecule has 2 aromatic rings. The Morgan fingerprint density at radius 2 is 1.58 bits per heavy atom. The summed E-state index contributed by atoms with van der Waals surface area (Å²) in [6, 6.07) is 17.0. The molecule has 1 amide bonds. The van der Waals surface area contributed by atoms with E-state index in [2.05, 4.69) is 15.3 Å². The Morgan fingerprint density at radius 3 is 2.23 bits per heavy atom. The molecule has 6 nitrogen and oxygen atoms in total. The summed E-state index contributed by atoms with van der Waals surface area (Å²) in [7, 11) is 0. The quantitative estimate of drug-likeness (QED) is 0.834. The smallest absolute Gasteiger partial charge is 0.328 e. The lowest BCUT2D eigenvalue weighted by Gasteiger charge is -2.18. The summed E-state index contributed by atoms with van der Waals surface area (Å²) >= 11 is 0. The summed E-state index contributed by atoms with van der Waals surface area (Å²) in [5.74, 6) is -1.68. The Kier molecular flexibility index (Phi) is 5.03. The number of nitrogens with zero attached hydrogens (tertiary/aromatic N) is 2. The molecule has 0 radical (unpaired) electrons. The highest BCUT2D eigenvalue weighted by molar-refractivity contribution is 6.18. The van der Waals surface area contributed by atoms with Crippen molar-refractivity contribution >= 4 is 34.8 Å². The van der Waals surface area contributed by atoms with E-state index in [-0.39, 0.29) is 5.92 Å². The minimum atomic E-state index is -1.19. The van der Waals surface area contributed by atoms with Crippen molar-refractivity contribution in [1.82, 2.24) is 5.32 Å². The van der Waals surface area contributed by atoms with Crippen molar-refractivity contribution in [2.24, 2.45) is 9.98 Å². The number of carboxylic acids is 1. The predicted octanol–water partition coefficient (Wildman–Crippen LogP) is 3.36. The second-order valence-corrected chi connectivity index (χ2v) is 5.74. The van der Waals surface area contributed by atoms with Gasteiger partial charge in [-0.15, -0.1) is 0 Å². The molecule has 3 rings (SSSR count). The number of amides is 1. The van der Waals surface area contributed by atoms with Crippen LogP contribution in [0.3, 0.4) is 0 Å². The number of nitrogens with one attached hydrogen (secondary N) is 1. The Hall–Kier alpha value is -3.54. The highest BCUT2D eigenvalue weighted by atomic mass is 16.4. The molecule has 2 N–H and O–H groups in total. The van der Waals surface area contributed by atoms with Gasteiger partial charge in [-0.05, 0) is 24.6 Å². The second kappa shape index (κ2) is 7.57. The van der Waals surface area contributed by atoms with Gasteiger partial charge < -0.3 is 10.4 Å². The zero-order valence-electron chi connectivity index (χ0n) is 14.1. The monoisotopic (exact) mass is 347 g/mol. The van der Waals surface area contributed by atoms with Crippen molar-refractivity contribution in [3.05, 3.63) is 72.3 Å². The van der Waals surface area contributed by atoms with Crippen LogP contribution >= 0.6 is 0 Å². The van der Waals surface area contributed by atoms with Crippen molar-refractivity contribution < 1.29 is 14.7 Å². The van der Waals surface area contributed by atoms with E-state index in [9.17, 15) is 9.59 Å². The molecule has 1 atom stereocenters. The fourth-order valence-electron chi connectivity index (χ4n) is 2.76. The largest absolute Gasteiger partial charge is 0.478 e. The minimum absolute atomic E-state index is 0.342. The van der Waals surface area contributed by atoms with E-state index in [1.807, 2.05) is 61.5 Å². The van der Waals surface area contributed by atoms with Crippen molar-refractivity contribution in [3.63, 3.8) is 0 Å². The van der Waals surface area contributed by atoms with Crippen LogP contribution < -0.4 is 5.32 Å². The molecule has 1 aliphatic heterocycles. The van der Waals surface area contributed by atoms with Gasteiger partial charge in [-0.2, -0.15) is 0 Å². The lowest BCUT2D eigenvalue weighted by atomic mass is 9.93. The van der Waals surface area contributed by atoms with Crippen molar-refractivity contribution in [2.75, 3.05) is 0 Å². The summed E-state index contributed by atoms with van der Waals surface area (Å²) in [6.45, 7) is 1.88. The Bertz CT molecular complexity index is 930. The number of carboxylic acid groups (broad SMARTS) is 1. The second-order valence-electron chi connectivity index (χ2n) is 5.74. The van der Waals surface area contributed by atoms with E-state index in [0.717, 1.165) is 29.1 Å². The van der Waals surface area contributed by atoms with Crippen LogP contribution in [-0.2, 0) is 9.59 Å². The van der Waals surface area contributed by atoms with E-state index in [4.69, 9.17) is 5.11 Å². The Balaban J connectivity index is 2.06. The van der Waals surface area contributed by atoms with Crippen molar-refractivity contribution in [2.45, 2.75) is 12.8 Å². The molecule has 6 heteroatoms. The molecule has 2 aromatic carbocycles. The molecule has 0 aromatic heterocycles. The highest BCUT2D eigenvalue weighted by Crippen LogP contribution is 2.34. The standard InChI is InChI=1S/C20H17N3O3/c1-13-19(14-7-3-2-4-8-14)20(23-17(24)11-12-18(25)26)22-16-10-6-5-9-15(16)21-13/h2-12,19H,1H3,(H,25,26)(H,22,23,24)/b12-11+. The molecular formula is C20H17N3O3. The van der Waals surface area contributed by atoms with Gasteiger partial charge in [0.05, 0.1) is 17.3 Å². The van der Waals surface area contributed by atoms with Gasteiger partial charge >= 0.3 is 5.97 Å². The molecule has 0 bridgehead atoms. The fraction of sp³-hybridized carbons (Fsp3) is 0.100. The molecule has 0 saturated heterocycles. The number of hydrogen-bond acceptors (Lipinski definition) is 4. The molecule has 1 unspecified atom stereocenters. The number of amidine groups is 1. The number of benzene rings is 2. The molecule has 1 aliphatic rings. The molecule has 0 saturated carbocycles. The van der Waals surface area contributed by atoms with Gasteiger partial charge in [-0.3, -0.25) is 9.79 Å². The normalized spacial score (nSPS) is 16.3. The van der Waals surface area contributed by atoms with Crippen LogP contribution in [0.2, 0.25) is 0 Å². The number of carbonyl (C=O) groups excluding carboxylic acids is 1. The van der Waals surface area contributed by atoms with Gasteiger partial charge in [0, 0.05) is 17.9 Å². The summed E-state index contributed by atoms with van der Waals surface area (Å²) in [6.07, 6.45) is 1.76. The minimum Gasteiger partial charge on any atom is -0.478 e. The van der Waals surface area contributed by atoms with Crippen LogP contribution in [0.4, 0.5) is 11.4 Å². The molecule has 1 heterocycles. The average Bonchev–Trinajstić information content (AvgIpc) is 2.76. The highest BCUT2D eigenvalue weighted by Gasteiger charge is 2.25. The summed E-state index contributed by atoms with van der Waals surface area (Å²) < 4.78 is 0. The van der Waals surface area contributed by atoms with Crippen LogP contribution in [0.5, 0.6) is 0 Å². The lowest BCUT2D eigenvalue weighted by molar-refractivity contribution is -0.131. The zero-order valence-corrected chi connectivity index (χ0v) is 14.1. The first-order chi connectivity index (χ1) is 12.5.